The molecule has 0 aliphatic carbocycles. The summed E-state index contributed by atoms with van der Waals surface area (Å²) in [6.45, 7) is 0.489. The molecule has 1 amide bonds. The van der Waals surface area contributed by atoms with E-state index in [1.165, 1.54) is 18.2 Å². The highest BCUT2D eigenvalue weighted by molar-refractivity contribution is 6.77. The van der Waals surface area contributed by atoms with Crippen molar-refractivity contribution < 1.29 is 14.3 Å². The molecule has 0 saturated carbocycles. The Morgan fingerprint density at radius 1 is 1.44 bits per heavy atom. The van der Waals surface area contributed by atoms with Crippen LogP contribution in [0.2, 0.25) is 0 Å². The van der Waals surface area contributed by atoms with Crippen molar-refractivity contribution in [3.63, 3.8) is 0 Å². The second kappa shape index (κ2) is 5.25. The SMILES string of the molecule is COC(=O)N1C=C(C(=O)C(Cl)(Cl)Cl)CCC1. The number of hydrogen-bond acceptors (Lipinski definition) is 3. The summed E-state index contributed by atoms with van der Waals surface area (Å²) in [6.07, 6.45) is 1.96. The van der Waals surface area contributed by atoms with E-state index >= 15 is 0 Å². The van der Waals surface area contributed by atoms with Gasteiger partial charge in [0.2, 0.25) is 5.78 Å². The normalized spacial score (nSPS) is 16.8. The van der Waals surface area contributed by atoms with Crippen molar-refractivity contribution in [2.24, 2.45) is 0 Å². The van der Waals surface area contributed by atoms with Crippen molar-refractivity contribution in [2.45, 2.75) is 16.6 Å². The van der Waals surface area contributed by atoms with Gasteiger partial charge < -0.3 is 4.74 Å². The molecule has 1 aliphatic heterocycles. The van der Waals surface area contributed by atoms with Crippen molar-refractivity contribution in [1.82, 2.24) is 4.90 Å². The molecule has 0 saturated heterocycles. The molecule has 90 valence electrons. The summed E-state index contributed by atoms with van der Waals surface area (Å²) in [7, 11) is 1.27. The lowest BCUT2D eigenvalue weighted by molar-refractivity contribution is -0.115. The summed E-state index contributed by atoms with van der Waals surface area (Å²) in [5, 5.41) is 0. The van der Waals surface area contributed by atoms with Gasteiger partial charge in [-0.15, -0.1) is 0 Å². The van der Waals surface area contributed by atoms with Gasteiger partial charge in [-0.05, 0) is 12.8 Å². The van der Waals surface area contributed by atoms with Crippen LogP contribution in [0.3, 0.4) is 0 Å². The minimum Gasteiger partial charge on any atom is -0.452 e. The number of Topliss-reactive ketones (excluding diaryl/α,β-unsaturated/α-hetero) is 1. The van der Waals surface area contributed by atoms with Crippen molar-refractivity contribution in [3.8, 4) is 0 Å². The Morgan fingerprint density at radius 2 is 2.06 bits per heavy atom. The molecule has 0 radical (unpaired) electrons. The van der Waals surface area contributed by atoms with Gasteiger partial charge in [0.15, 0.2) is 0 Å². The van der Waals surface area contributed by atoms with Crippen molar-refractivity contribution in [2.75, 3.05) is 13.7 Å². The highest BCUT2D eigenvalue weighted by Crippen LogP contribution is 2.32. The van der Waals surface area contributed by atoms with Gasteiger partial charge in [-0.2, -0.15) is 0 Å². The summed E-state index contributed by atoms with van der Waals surface area (Å²) in [5.41, 5.74) is 0.316. The van der Waals surface area contributed by atoms with Gasteiger partial charge in [-0.1, -0.05) is 34.8 Å². The van der Waals surface area contributed by atoms with Gasteiger partial charge in [-0.25, -0.2) is 4.79 Å². The number of ether oxygens (including phenoxy) is 1. The maximum Gasteiger partial charge on any atom is 0.413 e. The zero-order valence-corrected chi connectivity index (χ0v) is 10.8. The standard InChI is InChI=1S/C9H10Cl3NO3/c1-16-8(15)13-4-2-3-6(5-13)7(14)9(10,11)12/h5H,2-4H2,1H3. The van der Waals surface area contributed by atoms with Gasteiger partial charge in [0.05, 0.1) is 7.11 Å². The molecule has 0 fully saturated rings. The number of hydrogen-bond donors (Lipinski definition) is 0. The Kier molecular flexibility index (Phi) is 4.47. The summed E-state index contributed by atoms with van der Waals surface area (Å²) in [6, 6.07) is 0. The van der Waals surface area contributed by atoms with Crippen LogP contribution in [0.4, 0.5) is 4.79 Å². The predicted octanol–water partition coefficient (Wildman–Crippen LogP) is 2.67. The van der Waals surface area contributed by atoms with E-state index in [2.05, 4.69) is 4.74 Å². The lowest BCUT2D eigenvalue weighted by Crippen LogP contribution is -2.33. The molecular weight excluding hydrogens is 276 g/mol. The fourth-order valence-electron chi connectivity index (χ4n) is 1.37. The topological polar surface area (TPSA) is 46.6 Å². The minimum atomic E-state index is -1.98. The van der Waals surface area contributed by atoms with E-state index in [-0.39, 0.29) is 0 Å². The third kappa shape index (κ3) is 3.27. The monoisotopic (exact) mass is 285 g/mol. The molecule has 1 aliphatic rings. The number of allylic oxidation sites excluding steroid dienone is 1. The Hall–Kier alpha value is -0.450. The van der Waals surface area contributed by atoms with E-state index in [1.54, 1.807) is 0 Å². The van der Waals surface area contributed by atoms with Crippen LogP contribution in [-0.4, -0.2) is 34.2 Å². The number of halogens is 3. The quantitative estimate of drug-likeness (QED) is 0.696. The van der Waals surface area contributed by atoms with E-state index in [0.29, 0.717) is 25.0 Å². The average molecular weight is 287 g/mol. The molecule has 0 bridgehead atoms. The Morgan fingerprint density at radius 3 is 2.56 bits per heavy atom. The van der Waals surface area contributed by atoms with Crippen LogP contribution in [0.1, 0.15) is 12.8 Å². The van der Waals surface area contributed by atoms with E-state index in [9.17, 15) is 9.59 Å². The molecule has 0 N–H and O–H groups in total. The summed E-state index contributed by atoms with van der Waals surface area (Å²) < 4.78 is 2.55. The van der Waals surface area contributed by atoms with Gasteiger partial charge in [-0.3, -0.25) is 9.69 Å². The molecule has 0 aromatic rings. The fraction of sp³-hybridized carbons (Fsp3) is 0.556. The average Bonchev–Trinajstić information content (AvgIpc) is 2.26. The number of carbonyl (C=O) groups is 2. The van der Waals surface area contributed by atoms with Gasteiger partial charge >= 0.3 is 6.09 Å². The molecule has 0 spiro atoms. The number of rotatable bonds is 1. The van der Waals surface area contributed by atoms with Crippen molar-refractivity contribution in [1.29, 1.82) is 0 Å². The summed E-state index contributed by atoms with van der Waals surface area (Å²) >= 11 is 16.5. The first-order valence-corrected chi connectivity index (χ1v) is 5.66. The van der Waals surface area contributed by atoms with Crippen LogP contribution in [0.15, 0.2) is 11.8 Å². The third-order valence-corrected chi connectivity index (χ3v) is 2.63. The van der Waals surface area contributed by atoms with E-state index in [0.717, 1.165) is 0 Å². The number of methoxy groups -OCH3 is 1. The predicted molar refractivity (Wildman–Crippen MR) is 61.7 cm³/mol. The molecule has 1 heterocycles. The van der Waals surface area contributed by atoms with Crippen LogP contribution >= 0.6 is 34.8 Å². The van der Waals surface area contributed by atoms with E-state index in [1.807, 2.05) is 0 Å². The zero-order chi connectivity index (χ0) is 12.3. The smallest absolute Gasteiger partial charge is 0.413 e. The Balaban J connectivity index is 2.85. The van der Waals surface area contributed by atoms with Gasteiger partial charge in [0, 0.05) is 18.3 Å². The van der Waals surface area contributed by atoms with E-state index < -0.39 is 15.7 Å². The molecule has 0 atom stereocenters. The molecule has 0 aromatic carbocycles. The first-order valence-electron chi connectivity index (χ1n) is 4.53. The van der Waals surface area contributed by atoms with Crippen LogP contribution < -0.4 is 0 Å². The van der Waals surface area contributed by atoms with Crippen LogP contribution in [0, 0.1) is 0 Å². The molecule has 7 heteroatoms. The summed E-state index contributed by atoms with van der Waals surface area (Å²) in [5.74, 6) is -0.605. The first-order chi connectivity index (χ1) is 7.36. The number of ketones is 1. The van der Waals surface area contributed by atoms with Crippen LogP contribution in [-0.2, 0) is 9.53 Å². The maximum atomic E-state index is 11.6. The fourth-order valence-corrected chi connectivity index (χ4v) is 1.74. The van der Waals surface area contributed by atoms with Gasteiger partial charge in [0.1, 0.15) is 0 Å². The van der Waals surface area contributed by atoms with Crippen molar-refractivity contribution >= 4 is 46.7 Å². The number of carbonyl (C=O) groups excluding carboxylic acids is 2. The molecule has 1 rings (SSSR count). The lowest BCUT2D eigenvalue weighted by atomic mass is 10.0. The summed E-state index contributed by atoms with van der Waals surface area (Å²) in [4.78, 5) is 24.2. The Bertz CT molecular complexity index is 335. The van der Waals surface area contributed by atoms with Crippen LogP contribution in [0.25, 0.3) is 0 Å². The Labute approximate surface area is 108 Å². The largest absolute Gasteiger partial charge is 0.452 e. The lowest BCUT2D eigenvalue weighted by Gasteiger charge is -2.24. The highest BCUT2D eigenvalue weighted by Gasteiger charge is 2.34. The maximum absolute atomic E-state index is 11.6. The van der Waals surface area contributed by atoms with Crippen LogP contribution in [0.5, 0.6) is 0 Å². The molecular formula is C9H10Cl3NO3. The molecule has 0 aromatic heterocycles. The third-order valence-electron chi connectivity index (χ3n) is 2.12. The molecule has 16 heavy (non-hydrogen) atoms. The van der Waals surface area contributed by atoms with Gasteiger partial charge in [0.25, 0.3) is 3.79 Å². The number of alkyl halides is 3. The minimum absolute atomic E-state index is 0.316. The number of amides is 1. The zero-order valence-electron chi connectivity index (χ0n) is 8.50. The number of nitrogens with zero attached hydrogens (tertiary/aromatic N) is 1. The molecule has 4 nitrogen and oxygen atoms in total. The van der Waals surface area contributed by atoms with Crippen molar-refractivity contribution in [3.05, 3.63) is 11.8 Å². The molecule has 0 unspecified atom stereocenters. The van der Waals surface area contributed by atoms with E-state index in [4.69, 9.17) is 34.8 Å². The second-order valence-electron chi connectivity index (χ2n) is 3.25. The first kappa shape index (κ1) is 13.6. The second-order valence-corrected chi connectivity index (χ2v) is 5.53. The highest BCUT2D eigenvalue weighted by atomic mass is 35.6.